The molecule has 0 saturated heterocycles. The van der Waals surface area contributed by atoms with Crippen molar-refractivity contribution in [1.82, 2.24) is 9.78 Å². The lowest BCUT2D eigenvalue weighted by atomic mass is 10.3. The molecule has 0 amide bonds. The van der Waals surface area contributed by atoms with Crippen molar-refractivity contribution >= 4 is 28.3 Å². The summed E-state index contributed by atoms with van der Waals surface area (Å²) in [7, 11) is 0. The van der Waals surface area contributed by atoms with Crippen molar-refractivity contribution in [2.45, 2.75) is 20.0 Å². The third-order valence-electron chi connectivity index (χ3n) is 2.52. The van der Waals surface area contributed by atoms with Crippen LogP contribution in [0.1, 0.15) is 12.6 Å². The van der Waals surface area contributed by atoms with Gasteiger partial charge in [0, 0.05) is 12.7 Å². The van der Waals surface area contributed by atoms with E-state index in [1.165, 1.54) is 6.07 Å². The zero-order valence-electron chi connectivity index (χ0n) is 9.45. The third kappa shape index (κ3) is 2.77. The van der Waals surface area contributed by atoms with Crippen LogP contribution in [0.4, 0.5) is 10.1 Å². The normalized spacial score (nSPS) is 10.5. The van der Waals surface area contributed by atoms with Crippen molar-refractivity contribution in [3.05, 3.63) is 45.5 Å². The molecule has 17 heavy (non-hydrogen) atoms. The highest BCUT2D eigenvalue weighted by molar-refractivity contribution is 14.1. The summed E-state index contributed by atoms with van der Waals surface area (Å²) in [5, 5.41) is 7.41. The van der Waals surface area contributed by atoms with Gasteiger partial charge in [-0.1, -0.05) is 6.07 Å². The van der Waals surface area contributed by atoms with Crippen molar-refractivity contribution in [1.29, 1.82) is 0 Å². The molecule has 1 heterocycles. The van der Waals surface area contributed by atoms with E-state index in [2.05, 4.69) is 10.4 Å². The Morgan fingerprint density at radius 3 is 3.00 bits per heavy atom. The van der Waals surface area contributed by atoms with E-state index >= 15 is 0 Å². The van der Waals surface area contributed by atoms with E-state index in [-0.39, 0.29) is 5.82 Å². The van der Waals surface area contributed by atoms with E-state index in [1.54, 1.807) is 12.3 Å². The molecule has 0 bridgehead atoms. The highest BCUT2D eigenvalue weighted by Gasteiger charge is 2.05. The summed E-state index contributed by atoms with van der Waals surface area (Å²) in [6.07, 6.45) is 1.77. The molecule has 0 spiro atoms. The summed E-state index contributed by atoms with van der Waals surface area (Å²) in [6, 6.07) is 7.00. The second-order valence-corrected chi connectivity index (χ2v) is 4.67. The first-order valence-corrected chi connectivity index (χ1v) is 6.48. The Labute approximate surface area is 113 Å². The van der Waals surface area contributed by atoms with Gasteiger partial charge in [-0.25, -0.2) is 4.39 Å². The van der Waals surface area contributed by atoms with E-state index in [0.717, 1.165) is 17.9 Å². The van der Waals surface area contributed by atoms with Crippen LogP contribution in [-0.4, -0.2) is 9.78 Å². The Balaban J connectivity index is 2.10. The number of hydrogen-bond acceptors (Lipinski definition) is 2. The Morgan fingerprint density at radius 2 is 2.24 bits per heavy atom. The van der Waals surface area contributed by atoms with Crippen LogP contribution in [-0.2, 0) is 13.1 Å². The molecule has 0 fully saturated rings. The smallest absolute Gasteiger partial charge is 0.138 e. The summed E-state index contributed by atoms with van der Waals surface area (Å²) in [6.45, 7) is 3.53. The van der Waals surface area contributed by atoms with Gasteiger partial charge in [0.05, 0.1) is 21.5 Å². The monoisotopic (exact) mass is 345 g/mol. The molecule has 5 heteroatoms. The van der Waals surface area contributed by atoms with Gasteiger partial charge in [0.25, 0.3) is 0 Å². The number of aryl methyl sites for hydroxylation is 1. The summed E-state index contributed by atoms with van der Waals surface area (Å²) >= 11 is 2.00. The fourth-order valence-corrected chi connectivity index (χ4v) is 2.17. The Hall–Kier alpha value is -1.11. The molecule has 0 unspecified atom stereocenters. The molecule has 1 N–H and O–H groups in total. The zero-order valence-corrected chi connectivity index (χ0v) is 11.6. The number of anilines is 1. The van der Waals surface area contributed by atoms with Crippen molar-refractivity contribution in [2.24, 2.45) is 0 Å². The number of benzene rings is 1. The standard InChI is InChI=1S/C12H13FIN3/c1-2-17-9(6-7-16-17)8-15-11-5-3-4-10(13)12(11)14/h3-7,15H,2,8H2,1H3. The van der Waals surface area contributed by atoms with Crippen molar-refractivity contribution in [3.8, 4) is 0 Å². The second-order valence-electron chi connectivity index (χ2n) is 3.59. The summed E-state index contributed by atoms with van der Waals surface area (Å²) in [5.41, 5.74) is 1.90. The number of nitrogens with zero attached hydrogens (tertiary/aromatic N) is 2. The Morgan fingerprint density at radius 1 is 1.41 bits per heavy atom. The lowest BCUT2D eigenvalue weighted by Crippen LogP contribution is -2.08. The fourth-order valence-electron chi connectivity index (χ4n) is 1.62. The molecule has 0 atom stereocenters. The highest BCUT2D eigenvalue weighted by atomic mass is 127. The maximum Gasteiger partial charge on any atom is 0.138 e. The molecule has 0 aliphatic carbocycles. The summed E-state index contributed by atoms with van der Waals surface area (Å²) < 4.78 is 15.9. The average molecular weight is 345 g/mol. The van der Waals surface area contributed by atoms with E-state index < -0.39 is 0 Å². The van der Waals surface area contributed by atoms with Crippen molar-refractivity contribution < 1.29 is 4.39 Å². The van der Waals surface area contributed by atoms with Crippen molar-refractivity contribution in [3.63, 3.8) is 0 Å². The Bertz CT molecular complexity index is 510. The van der Waals surface area contributed by atoms with Crippen LogP contribution >= 0.6 is 22.6 Å². The van der Waals surface area contributed by atoms with Crippen LogP contribution in [0.2, 0.25) is 0 Å². The fraction of sp³-hybridized carbons (Fsp3) is 0.250. The molecule has 2 rings (SSSR count). The summed E-state index contributed by atoms with van der Waals surface area (Å²) in [4.78, 5) is 0. The van der Waals surface area contributed by atoms with Gasteiger partial charge in [-0.3, -0.25) is 4.68 Å². The van der Waals surface area contributed by atoms with Crippen LogP contribution in [0, 0.1) is 9.39 Å². The first-order chi connectivity index (χ1) is 8.22. The van der Waals surface area contributed by atoms with E-state index in [4.69, 9.17) is 0 Å². The minimum Gasteiger partial charge on any atom is -0.378 e. The van der Waals surface area contributed by atoms with Crippen LogP contribution in [0.3, 0.4) is 0 Å². The number of halogens is 2. The van der Waals surface area contributed by atoms with Gasteiger partial charge >= 0.3 is 0 Å². The minimum absolute atomic E-state index is 0.195. The number of aromatic nitrogens is 2. The minimum atomic E-state index is -0.195. The van der Waals surface area contributed by atoms with Crippen LogP contribution in [0.15, 0.2) is 30.5 Å². The molecule has 90 valence electrons. The van der Waals surface area contributed by atoms with Gasteiger partial charge in [0.15, 0.2) is 0 Å². The molecule has 3 nitrogen and oxygen atoms in total. The summed E-state index contributed by atoms with van der Waals surface area (Å²) in [5.74, 6) is -0.195. The molecule has 0 aliphatic heterocycles. The molecule has 1 aromatic carbocycles. The lowest BCUT2D eigenvalue weighted by Gasteiger charge is -2.10. The van der Waals surface area contributed by atoms with Gasteiger partial charge in [0.2, 0.25) is 0 Å². The van der Waals surface area contributed by atoms with Gasteiger partial charge in [-0.2, -0.15) is 5.10 Å². The molecule has 0 radical (unpaired) electrons. The van der Waals surface area contributed by atoms with E-state index in [0.29, 0.717) is 10.1 Å². The van der Waals surface area contributed by atoms with E-state index in [1.807, 2.05) is 46.3 Å². The second kappa shape index (κ2) is 5.48. The quantitative estimate of drug-likeness (QED) is 0.863. The predicted octanol–water partition coefficient (Wildman–Crippen LogP) is 3.26. The lowest BCUT2D eigenvalue weighted by molar-refractivity contribution is 0.619. The van der Waals surface area contributed by atoms with Gasteiger partial charge in [-0.15, -0.1) is 0 Å². The SMILES string of the molecule is CCn1nccc1CNc1cccc(F)c1I. The average Bonchev–Trinajstić information content (AvgIpc) is 2.78. The maximum absolute atomic E-state index is 13.3. The topological polar surface area (TPSA) is 29.9 Å². The van der Waals surface area contributed by atoms with E-state index in [9.17, 15) is 4.39 Å². The molecular weight excluding hydrogens is 332 g/mol. The van der Waals surface area contributed by atoms with Gasteiger partial charge in [0.1, 0.15) is 5.82 Å². The number of nitrogens with one attached hydrogen (secondary N) is 1. The third-order valence-corrected chi connectivity index (χ3v) is 3.61. The molecule has 0 saturated carbocycles. The van der Waals surface area contributed by atoms with Crippen LogP contribution < -0.4 is 5.32 Å². The number of rotatable bonds is 4. The predicted molar refractivity (Wildman–Crippen MR) is 74.3 cm³/mol. The first-order valence-electron chi connectivity index (χ1n) is 5.41. The first kappa shape index (κ1) is 12.3. The molecular formula is C12H13FIN3. The molecule has 0 aliphatic rings. The van der Waals surface area contributed by atoms with Gasteiger partial charge < -0.3 is 5.32 Å². The zero-order chi connectivity index (χ0) is 12.3. The number of hydrogen-bond donors (Lipinski definition) is 1. The largest absolute Gasteiger partial charge is 0.378 e. The molecule has 1 aromatic heterocycles. The van der Waals surface area contributed by atoms with Crippen LogP contribution in [0.25, 0.3) is 0 Å². The molecule has 2 aromatic rings. The Kier molecular flexibility index (Phi) is 3.98. The maximum atomic E-state index is 13.3. The van der Waals surface area contributed by atoms with Crippen molar-refractivity contribution in [2.75, 3.05) is 5.32 Å². The van der Waals surface area contributed by atoms with Crippen LogP contribution in [0.5, 0.6) is 0 Å². The highest BCUT2D eigenvalue weighted by Crippen LogP contribution is 2.21. The van der Waals surface area contributed by atoms with Gasteiger partial charge in [-0.05, 0) is 47.7 Å².